The molecule has 0 saturated heterocycles. The molecule has 6 heteroatoms. The SMILES string of the molecule is COc1ccc(OCCNc2ccc(NC(=O)c3cccc(OC)c3)cc2)cc1. The van der Waals surface area contributed by atoms with Gasteiger partial charge in [0.1, 0.15) is 23.9 Å². The maximum atomic E-state index is 12.3. The van der Waals surface area contributed by atoms with Gasteiger partial charge in [0.2, 0.25) is 0 Å². The van der Waals surface area contributed by atoms with Crippen molar-refractivity contribution in [3.63, 3.8) is 0 Å². The minimum absolute atomic E-state index is 0.183. The third-order valence-electron chi connectivity index (χ3n) is 4.23. The van der Waals surface area contributed by atoms with Gasteiger partial charge in [-0.1, -0.05) is 6.07 Å². The first-order valence-corrected chi connectivity index (χ1v) is 9.24. The molecule has 0 spiro atoms. The van der Waals surface area contributed by atoms with Crippen LogP contribution in [-0.4, -0.2) is 33.3 Å². The molecular weight excluding hydrogens is 368 g/mol. The molecule has 0 radical (unpaired) electrons. The Morgan fingerprint density at radius 2 is 1.45 bits per heavy atom. The lowest BCUT2D eigenvalue weighted by atomic mass is 10.2. The fourth-order valence-electron chi connectivity index (χ4n) is 2.68. The monoisotopic (exact) mass is 392 g/mol. The average Bonchev–Trinajstić information content (AvgIpc) is 2.78. The van der Waals surface area contributed by atoms with Gasteiger partial charge in [-0.2, -0.15) is 0 Å². The Bertz CT molecular complexity index is 924. The number of hydrogen-bond donors (Lipinski definition) is 2. The van der Waals surface area contributed by atoms with Gasteiger partial charge >= 0.3 is 0 Å². The second kappa shape index (κ2) is 10.0. The second-order valence-corrected chi connectivity index (χ2v) is 6.21. The topological polar surface area (TPSA) is 68.8 Å². The molecule has 3 aromatic carbocycles. The van der Waals surface area contributed by atoms with E-state index >= 15 is 0 Å². The van der Waals surface area contributed by atoms with Crippen molar-refractivity contribution in [1.82, 2.24) is 0 Å². The number of benzene rings is 3. The minimum atomic E-state index is -0.183. The molecule has 0 bridgehead atoms. The van der Waals surface area contributed by atoms with Crippen LogP contribution in [0.3, 0.4) is 0 Å². The van der Waals surface area contributed by atoms with Gasteiger partial charge in [0.25, 0.3) is 5.91 Å². The van der Waals surface area contributed by atoms with Gasteiger partial charge in [-0.15, -0.1) is 0 Å². The highest BCUT2D eigenvalue weighted by atomic mass is 16.5. The van der Waals surface area contributed by atoms with E-state index < -0.39 is 0 Å². The first-order chi connectivity index (χ1) is 14.2. The summed E-state index contributed by atoms with van der Waals surface area (Å²) >= 11 is 0. The van der Waals surface area contributed by atoms with Crippen molar-refractivity contribution in [3.8, 4) is 17.2 Å². The summed E-state index contributed by atoms with van der Waals surface area (Å²) in [6.45, 7) is 1.18. The summed E-state index contributed by atoms with van der Waals surface area (Å²) in [5, 5.41) is 6.16. The highest BCUT2D eigenvalue weighted by Gasteiger charge is 2.07. The van der Waals surface area contributed by atoms with Crippen molar-refractivity contribution in [2.75, 3.05) is 38.0 Å². The molecule has 0 unspecified atom stereocenters. The Morgan fingerprint density at radius 1 is 0.793 bits per heavy atom. The standard InChI is InChI=1S/C23H24N2O4/c1-27-20-10-12-21(13-11-20)29-15-14-24-18-6-8-19(9-7-18)25-23(26)17-4-3-5-22(16-17)28-2/h3-13,16,24H,14-15H2,1-2H3,(H,25,26). The molecule has 3 aromatic rings. The first kappa shape index (κ1) is 20.1. The van der Waals surface area contributed by atoms with Crippen molar-refractivity contribution in [3.05, 3.63) is 78.4 Å². The number of rotatable bonds is 9. The number of ether oxygens (including phenoxy) is 3. The number of hydrogen-bond acceptors (Lipinski definition) is 5. The molecule has 1 amide bonds. The van der Waals surface area contributed by atoms with Crippen LogP contribution in [0.4, 0.5) is 11.4 Å². The van der Waals surface area contributed by atoms with E-state index in [9.17, 15) is 4.79 Å². The Hall–Kier alpha value is -3.67. The molecule has 150 valence electrons. The molecule has 0 aromatic heterocycles. The zero-order valence-corrected chi connectivity index (χ0v) is 16.5. The lowest BCUT2D eigenvalue weighted by Gasteiger charge is -2.10. The number of anilines is 2. The van der Waals surface area contributed by atoms with Crippen molar-refractivity contribution < 1.29 is 19.0 Å². The van der Waals surface area contributed by atoms with E-state index in [-0.39, 0.29) is 5.91 Å². The van der Waals surface area contributed by atoms with Crippen molar-refractivity contribution in [2.24, 2.45) is 0 Å². The number of nitrogens with one attached hydrogen (secondary N) is 2. The van der Waals surface area contributed by atoms with Gasteiger partial charge in [0.05, 0.1) is 14.2 Å². The average molecular weight is 392 g/mol. The summed E-state index contributed by atoms with van der Waals surface area (Å²) in [7, 11) is 3.21. The molecule has 2 N–H and O–H groups in total. The molecule has 0 fully saturated rings. The van der Waals surface area contributed by atoms with Gasteiger partial charge in [0.15, 0.2) is 0 Å². The number of carbonyl (C=O) groups excluding carboxylic acids is 1. The van der Waals surface area contributed by atoms with Gasteiger partial charge < -0.3 is 24.8 Å². The highest BCUT2D eigenvalue weighted by Crippen LogP contribution is 2.18. The molecule has 0 aliphatic carbocycles. The molecule has 0 aliphatic rings. The highest BCUT2D eigenvalue weighted by molar-refractivity contribution is 6.04. The fraction of sp³-hybridized carbons (Fsp3) is 0.174. The van der Waals surface area contributed by atoms with E-state index in [2.05, 4.69) is 10.6 Å². The smallest absolute Gasteiger partial charge is 0.255 e. The summed E-state index contributed by atoms with van der Waals surface area (Å²) in [6, 6.07) is 22.0. The predicted octanol–water partition coefficient (Wildman–Crippen LogP) is 4.45. The number of methoxy groups -OCH3 is 2. The van der Waals surface area contributed by atoms with Crippen LogP contribution < -0.4 is 24.8 Å². The predicted molar refractivity (Wildman–Crippen MR) is 114 cm³/mol. The normalized spacial score (nSPS) is 10.1. The zero-order chi connectivity index (χ0) is 20.5. The molecule has 3 rings (SSSR count). The van der Waals surface area contributed by atoms with Gasteiger partial charge in [0, 0.05) is 23.5 Å². The fourth-order valence-corrected chi connectivity index (χ4v) is 2.68. The maximum absolute atomic E-state index is 12.3. The van der Waals surface area contributed by atoms with Gasteiger partial charge in [-0.25, -0.2) is 0 Å². The molecule has 6 nitrogen and oxygen atoms in total. The summed E-state index contributed by atoms with van der Waals surface area (Å²) in [5.41, 5.74) is 2.21. The third-order valence-corrected chi connectivity index (χ3v) is 4.23. The van der Waals surface area contributed by atoms with E-state index in [1.165, 1.54) is 0 Å². The largest absolute Gasteiger partial charge is 0.497 e. The van der Waals surface area contributed by atoms with Crippen LogP contribution in [0.15, 0.2) is 72.8 Å². The van der Waals surface area contributed by atoms with Gasteiger partial charge in [-0.3, -0.25) is 4.79 Å². The van der Waals surface area contributed by atoms with Crippen molar-refractivity contribution in [2.45, 2.75) is 0 Å². The molecular formula is C23H24N2O4. The lowest BCUT2D eigenvalue weighted by Crippen LogP contribution is -2.13. The van der Waals surface area contributed by atoms with Crippen molar-refractivity contribution >= 4 is 17.3 Å². The Kier molecular flexibility index (Phi) is 6.95. The van der Waals surface area contributed by atoms with Gasteiger partial charge in [-0.05, 0) is 66.7 Å². The third kappa shape index (κ3) is 5.90. The van der Waals surface area contributed by atoms with Crippen molar-refractivity contribution in [1.29, 1.82) is 0 Å². The Labute approximate surface area is 170 Å². The molecule has 0 atom stereocenters. The summed E-state index contributed by atoms with van der Waals surface area (Å²) < 4.78 is 16.0. The first-order valence-electron chi connectivity index (χ1n) is 9.24. The maximum Gasteiger partial charge on any atom is 0.255 e. The van der Waals surface area contributed by atoms with E-state index in [0.717, 1.165) is 22.9 Å². The minimum Gasteiger partial charge on any atom is -0.497 e. The van der Waals surface area contributed by atoms with Crippen LogP contribution in [0.2, 0.25) is 0 Å². The molecule has 29 heavy (non-hydrogen) atoms. The van der Waals surface area contributed by atoms with Crippen LogP contribution in [0.1, 0.15) is 10.4 Å². The summed E-state index contributed by atoms with van der Waals surface area (Å²) in [6.07, 6.45) is 0. The zero-order valence-electron chi connectivity index (χ0n) is 16.5. The van der Waals surface area contributed by atoms with Crippen LogP contribution >= 0.6 is 0 Å². The summed E-state index contributed by atoms with van der Waals surface area (Å²) in [5.74, 6) is 2.06. The molecule has 0 aliphatic heterocycles. The molecule has 0 heterocycles. The van der Waals surface area contributed by atoms with Crippen LogP contribution in [-0.2, 0) is 0 Å². The van der Waals surface area contributed by atoms with E-state index in [1.807, 2.05) is 48.5 Å². The number of amides is 1. The Morgan fingerprint density at radius 3 is 2.14 bits per heavy atom. The summed E-state index contributed by atoms with van der Waals surface area (Å²) in [4.78, 5) is 12.3. The second-order valence-electron chi connectivity index (χ2n) is 6.21. The van der Waals surface area contributed by atoms with E-state index in [4.69, 9.17) is 14.2 Å². The quantitative estimate of drug-likeness (QED) is 0.527. The number of carbonyl (C=O) groups is 1. The van der Waals surface area contributed by atoms with E-state index in [0.29, 0.717) is 24.5 Å². The van der Waals surface area contributed by atoms with E-state index in [1.54, 1.807) is 38.5 Å². The van der Waals surface area contributed by atoms with Crippen LogP contribution in [0.25, 0.3) is 0 Å². The van der Waals surface area contributed by atoms with Crippen LogP contribution in [0, 0.1) is 0 Å². The Balaban J connectivity index is 1.45. The molecule has 0 saturated carbocycles. The lowest BCUT2D eigenvalue weighted by molar-refractivity contribution is 0.102. The van der Waals surface area contributed by atoms with Crippen LogP contribution in [0.5, 0.6) is 17.2 Å².